The molecule has 2 aromatic carbocycles. The van der Waals surface area contributed by atoms with E-state index in [9.17, 15) is 14.0 Å². The predicted octanol–water partition coefficient (Wildman–Crippen LogP) is 4.03. The number of rotatable bonds is 6. The number of oxazole rings is 1. The third-order valence-electron chi connectivity index (χ3n) is 4.27. The average Bonchev–Trinajstić information content (AvgIpc) is 3.15. The Labute approximate surface area is 162 Å². The van der Waals surface area contributed by atoms with Crippen LogP contribution in [0.25, 0.3) is 11.3 Å². The first-order chi connectivity index (χ1) is 13.4. The molecule has 1 heterocycles. The second-order valence-electron chi connectivity index (χ2n) is 6.27. The van der Waals surface area contributed by atoms with Crippen molar-refractivity contribution < 1.29 is 18.4 Å². The summed E-state index contributed by atoms with van der Waals surface area (Å²) in [4.78, 5) is 29.1. The molecule has 2 amide bonds. The quantitative estimate of drug-likeness (QED) is 0.699. The number of carbonyl (C=O) groups is 2. The molecule has 3 aromatic rings. The smallest absolute Gasteiger partial charge is 0.224 e. The summed E-state index contributed by atoms with van der Waals surface area (Å²) in [7, 11) is 1.68. The molecule has 0 aliphatic carbocycles. The number of aryl methyl sites for hydroxylation is 1. The topological polar surface area (TPSA) is 75.4 Å². The maximum atomic E-state index is 13.8. The maximum Gasteiger partial charge on any atom is 0.224 e. The van der Waals surface area contributed by atoms with Gasteiger partial charge < -0.3 is 14.6 Å². The Morgan fingerprint density at radius 2 is 1.86 bits per heavy atom. The normalized spacial score (nSPS) is 10.5. The fourth-order valence-corrected chi connectivity index (χ4v) is 2.61. The van der Waals surface area contributed by atoms with Crippen LogP contribution in [0.1, 0.15) is 19.2 Å². The number of aromatic nitrogens is 1. The van der Waals surface area contributed by atoms with E-state index in [1.165, 1.54) is 24.1 Å². The molecule has 0 spiro atoms. The highest BCUT2D eigenvalue weighted by Crippen LogP contribution is 2.23. The lowest BCUT2D eigenvalue weighted by molar-refractivity contribution is -0.117. The lowest BCUT2D eigenvalue weighted by Crippen LogP contribution is -2.22. The minimum Gasteiger partial charge on any atom is -0.441 e. The summed E-state index contributed by atoms with van der Waals surface area (Å²) in [6, 6.07) is 13.3. The minimum absolute atomic E-state index is 0.0718. The van der Waals surface area contributed by atoms with Crippen molar-refractivity contribution in [1.82, 2.24) is 4.98 Å². The van der Waals surface area contributed by atoms with Gasteiger partial charge in [0.2, 0.25) is 11.8 Å². The van der Waals surface area contributed by atoms with Crippen LogP contribution in [0.4, 0.5) is 15.8 Å². The molecule has 1 N–H and O–H groups in total. The van der Waals surface area contributed by atoms with Gasteiger partial charge in [-0.1, -0.05) is 12.1 Å². The zero-order valence-electron chi connectivity index (χ0n) is 15.6. The van der Waals surface area contributed by atoms with Gasteiger partial charge in [-0.25, -0.2) is 9.37 Å². The second-order valence-corrected chi connectivity index (χ2v) is 6.27. The van der Waals surface area contributed by atoms with E-state index in [0.717, 1.165) is 5.69 Å². The number of nitrogens with one attached hydrogen (secondary N) is 1. The van der Waals surface area contributed by atoms with E-state index in [1.807, 2.05) is 0 Å². The Hall–Kier alpha value is -3.48. The van der Waals surface area contributed by atoms with Crippen LogP contribution in [0.2, 0.25) is 0 Å². The van der Waals surface area contributed by atoms with Crippen molar-refractivity contribution in [2.24, 2.45) is 0 Å². The Balaban J connectivity index is 1.55. The number of anilines is 2. The SMILES string of the molecule is CC(=O)N(C)c1ccc(NC(=O)CCc2ncc(-c3ccccc3F)o2)cc1. The Kier molecular flexibility index (Phi) is 5.84. The first-order valence-electron chi connectivity index (χ1n) is 8.78. The summed E-state index contributed by atoms with van der Waals surface area (Å²) in [5, 5.41) is 2.78. The Bertz CT molecular complexity index is 983. The summed E-state index contributed by atoms with van der Waals surface area (Å²) < 4.78 is 19.3. The first-order valence-corrected chi connectivity index (χ1v) is 8.78. The number of hydrogen-bond donors (Lipinski definition) is 1. The van der Waals surface area contributed by atoms with Crippen LogP contribution < -0.4 is 10.2 Å². The number of nitrogens with zero attached hydrogens (tertiary/aromatic N) is 2. The molecule has 0 aliphatic heterocycles. The maximum absolute atomic E-state index is 13.8. The number of amides is 2. The molecule has 0 fully saturated rings. The zero-order valence-corrected chi connectivity index (χ0v) is 15.6. The van der Waals surface area contributed by atoms with Crippen molar-refractivity contribution in [2.45, 2.75) is 19.8 Å². The van der Waals surface area contributed by atoms with Gasteiger partial charge in [-0.05, 0) is 36.4 Å². The lowest BCUT2D eigenvalue weighted by Gasteiger charge is -2.15. The summed E-state index contributed by atoms with van der Waals surface area (Å²) in [5.41, 5.74) is 1.71. The van der Waals surface area contributed by atoms with E-state index < -0.39 is 0 Å². The zero-order chi connectivity index (χ0) is 20.1. The van der Waals surface area contributed by atoms with Gasteiger partial charge in [-0.15, -0.1) is 0 Å². The van der Waals surface area contributed by atoms with Gasteiger partial charge in [0.25, 0.3) is 0 Å². The number of hydrogen-bond acceptors (Lipinski definition) is 4. The molecule has 0 saturated carbocycles. The Morgan fingerprint density at radius 1 is 1.14 bits per heavy atom. The fourth-order valence-electron chi connectivity index (χ4n) is 2.61. The van der Waals surface area contributed by atoms with Crippen LogP contribution in [0.15, 0.2) is 59.1 Å². The van der Waals surface area contributed by atoms with E-state index in [0.29, 0.717) is 29.3 Å². The average molecular weight is 381 g/mol. The fraction of sp³-hybridized carbons (Fsp3) is 0.190. The van der Waals surface area contributed by atoms with Crippen LogP contribution in [-0.4, -0.2) is 23.8 Å². The first kappa shape index (κ1) is 19.3. The van der Waals surface area contributed by atoms with Gasteiger partial charge >= 0.3 is 0 Å². The van der Waals surface area contributed by atoms with Crippen molar-refractivity contribution in [2.75, 3.05) is 17.3 Å². The molecule has 0 bridgehead atoms. The molecular weight excluding hydrogens is 361 g/mol. The van der Waals surface area contributed by atoms with Crippen LogP contribution in [0.3, 0.4) is 0 Å². The Morgan fingerprint density at radius 3 is 2.54 bits per heavy atom. The highest BCUT2D eigenvalue weighted by Gasteiger charge is 2.12. The van der Waals surface area contributed by atoms with E-state index in [2.05, 4.69) is 10.3 Å². The van der Waals surface area contributed by atoms with Crippen molar-refractivity contribution in [1.29, 1.82) is 0 Å². The van der Waals surface area contributed by atoms with E-state index in [4.69, 9.17) is 4.42 Å². The summed E-state index contributed by atoms with van der Waals surface area (Å²) in [6.45, 7) is 1.48. The standard InChI is InChI=1S/C21H20FN3O3/c1-14(26)25(2)16-9-7-15(8-10-16)24-20(27)11-12-21-23-13-19(28-21)17-5-3-4-6-18(17)22/h3-10,13H,11-12H2,1-2H3,(H,24,27). The molecular formula is C21H20FN3O3. The van der Waals surface area contributed by atoms with Gasteiger partial charge in [-0.3, -0.25) is 9.59 Å². The summed E-state index contributed by atoms with van der Waals surface area (Å²) >= 11 is 0. The van der Waals surface area contributed by atoms with Crippen LogP contribution in [0.5, 0.6) is 0 Å². The van der Waals surface area contributed by atoms with Crippen LogP contribution >= 0.6 is 0 Å². The molecule has 0 unspecified atom stereocenters. The predicted molar refractivity (Wildman–Crippen MR) is 104 cm³/mol. The number of halogens is 1. The molecule has 0 aliphatic rings. The molecule has 0 atom stereocenters. The van der Waals surface area contributed by atoms with Crippen molar-refractivity contribution in [3.05, 3.63) is 66.4 Å². The molecule has 3 rings (SSSR count). The van der Waals surface area contributed by atoms with Gasteiger partial charge in [-0.2, -0.15) is 0 Å². The van der Waals surface area contributed by atoms with Gasteiger partial charge in [0.1, 0.15) is 5.82 Å². The monoisotopic (exact) mass is 381 g/mol. The molecule has 7 heteroatoms. The third-order valence-corrected chi connectivity index (χ3v) is 4.27. The van der Waals surface area contributed by atoms with Crippen molar-refractivity contribution in [3.8, 4) is 11.3 Å². The minimum atomic E-state index is -0.387. The van der Waals surface area contributed by atoms with Crippen molar-refractivity contribution in [3.63, 3.8) is 0 Å². The van der Waals surface area contributed by atoms with E-state index >= 15 is 0 Å². The van der Waals surface area contributed by atoms with Gasteiger partial charge in [0.05, 0.1) is 11.8 Å². The molecule has 0 saturated heterocycles. The van der Waals surface area contributed by atoms with Crippen molar-refractivity contribution >= 4 is 23.2 Å². The molecule has 6 nitrogen and oxygen atoms in total. The van der Waals surface area contributed by atoms with Crippen LogP contribution in [-0.2, 0) is 16.0 Å². The number of benzene rings is 2. The van der Waals surface area contributed by atoms with E-state index in [-0.39, 0.29) is 24.1 Å². The van der Waals surface area contributed by atoms with Gasteiger partial charge in [0, 0.05) is 38.2 Å². The largest absolute Gasteiger partial charge is 0.441 e. The second kappa shape index (κ2) is 8.47. The van der Waals surface area contributed by atoms with E-state index in [1.54, 1.807) is 49.5 Å². The third kappa shape index (κ3) is 4.62. The van der Waals surface area contributed by atoms with Gasteiger partial charge in [0.15, 0.2) is 11.7 Å². The molecule has 1 aromatic heterocycles. The van der Waals surface area contributed by atoms with Crippen LogP contribution in [0, 0.1) is 5.82 Å². The molecule has 0 radical (unpaired) electrons. The highest BCUT2D eigenvalue weighted by atomic mass is 19.1. The summed E-state index contributed by atoms with van der Waals surface area (Å²) in [5.74, 6) is 0.0446. The highest BCUT2D eigenvalue weighted by molar-refractivity contribution is 5.93. The molecule has 144 valence electrons. The number of carbonyl (C=O) groups excluding carboxylic acids is 2. The molecule has 28 heavy (non-hydrogen) atoms. The summed E-state index contributed by atoms with van der Waals surface area (Å²) in [6.07, 6.45) is 1.92. The lowest BCUT2D eigenvalue weighted by atomic mass is 10.2.